The quantitative estimate of drug-likeness (QED) is 0.436. The van der Waals surface area contributed by atoms with Crippen LogP contribution in [0.15, 0.2) is 12.2 Å². The van der Waals surface area contributed by atoms with Crippen molar-refractivity contribution >= 4 is 5.97 Å². The first-order valence-corrected chi connectivity index (χ1v) is 6.15. The Labute approximate surface area is 126 Å². The van der Waals surface area contributed by atoms with Crippen LogP contribution in [0.3, 0.4) is 0 Å². The second-order valence-corrected chi connectivity index (χ2v) is 7.01. The smallest absolute Gasteiger partial charge is 0.0675 e. The molecule has 0 heterocycles. The van der Waals surface area contributed by atoms with Gasteiger partial charge in [-0.3, -0.25) is 0 Å². The van der Waals surface area contributed by atoms with E-state index in [1.54, 1.807) is 0 Å². The second kappa shape index (κ2) is 12.5. The summed E-state index contributed by atoms with van der Waals surface area (Å²) in [5.74, 6) is -1.13. The molecule has 0 unspecified atom stereocenters. The third-order valence-corrected chi connectivity index (χ3v) is 0.840. The number of rotatable bonds is 3. The van der Waals surface area contributed by atoms with Gasteiger partial charge in [0, 0.05) is 0 Å². The van der Waals surface area contributed by atoms with E-state index >= 15 is 0 Å². The Morgan fingerprint density at radius 3 is 1.21 bits per heavy atom. The van der Waals surface area contributed by atoms with Gasteiger partial charge in [-0.1, -0.05) is 19.9 Å². The molecule has 5 heteroatoms. The van der Waals surface area contributed by atoms with Crippen molar-refractivity contribution in [1.82, 2.24) is 0 Å². The highest BCUT2D eigenvalue weighted by Crippen LogP contribution is 1.97. The SMILES string of the molecule is C=C(CCC)C(=O)[O-].C[N+](C)(C)C.C[N+](C)(C)C.[Cl-]. The highest BCUT2D eigenvalue weighted by Gasteiger charge is 1.89. The fourth-order valence-electron chi connectivity index (χ4n) is 0.404. The number of carboxylic acid groups (broad SMARTS) is 1. The van der Waals surface area contributed by atoms with E-state index in [4.69, 9.17) is 0 Å². The van der Waals surface area contributed by atoms with Gasteiger partial charge in [0.15, 0.2) is 0 Å². The highest BCUT2D eigenvalue weighted by atomic mass is 35.5. The number of hydrogen-bond donors (Lipinski definition) is 0. The lowest BCUT2D eigenvalue weighted by atomic mass is 10.2. The molecule has 0 bridgehead atoms. The normalized spacial score (nSPS) is 9.95. The van der Waals surface area contributed by atoms with E-state index in [9.17, 15) is 9.90 Å². The molecular formula is C14H33ClN2O2. The number of hydrogen-bond acceptors (Lipinski definition) is 2. The first-order valence-electron chi connectivity index (χ1n) is 6.15. The summed E-state index contributed by atoms with van der Waals surface area (Å²) in [7, 11) is 17.0. The first kappa shape index (κ1) is 26.9. The zero-order chi connectivity index (χ0) is 15.6. The molecule has 0 spiro atoms. The fraction of sp³-hybridized carbons (Fsp3) is 0.786. The molecule has 0 aliphatic heterocycles. The summed E-state index contributed by atoms with van der Waals surface area (Å²) in [4.78, 5) is 9.88. The van der Waals surface area contributed by atoms with Gasteiger partial charge in [-0.25, -0.2) is 0 Å². The Kier molecular flexibility index (Phi) is 17.6. The van der Waals surface area contributed by atoms with Crippen molar-refractivity contribution in [1.29, 1.82) is 0 Å². The van der Waals surface area contributed by atoms with Crippen molar-refractivity contribution in [2.24, 2.45) is 0 Å². The van der Waals surface area contributed by atoms with Crippen LogP contribution in [-0.4, -0.2) is 71.3 Å². The second-order valence-electron chi connectivity index (χ2n) is 7.01. The van der Waals surface area contributed by atoms with E-state index in [1.165, 1.54) is 0 Å². The lowest BCUT2D eigenvalue weighted by Gasteiger charge is -2.14. The van der Waals surface area contributed by atoms with Gasteiger partial charge in [0.25, 0.3) is 0 Å². The zero-order valence-electron chi connectivity index (χ0n) is 14.2. The molecule has 0 N–H and O–H groups in total. The molecule has 4 nitrogen and oxygen atoms in total. The van der Waals surface area contributed by atoms with Crippen molar-refractivity contribution in [3.63, 3.8) is 0 Å². The summed E-state index contributed by atoms with van der Waals surface area (Å²) in [5, 5.41) is 9.88. The highest BCUT2D eigenvalue weighted by molar-refractivity contribution is 5.83. The van der Waals surface area contributed by atoms with Crippen LogP contribution in [0.25, 0.3) is 0 Å². The summed E-state index contributed by atoms with van der Waals surface area (Å²) in [6, 6.07) is 0. The third kappa shape index (κ3) is 100. The van der Waals surface area contributed by atoms with Crippen LogP contribution in [0.2, 0.25) is 0 Å². The summed E-state index contributed by atoms with van der Waals surface area (Å²) in [6.07, 6.45) is 1.34. The number of carboxylic acids is 1. The van der Waals surface area contributed by atoms with Gasteiger partial charge in [0.1, 0.15) is 0 Å². The van der Waals surface area contributed by atoms with E-state index in [1.807, 2.05) is 6.92 Å². The minimum Gasteiger partial charge on any atom is -1.00 e. The molecule has 0 atom stereocenters. The molecule has 0 aromatic carbocycles. The molecule has 0 aromatic heterocycles. The van der Waals surface area contributed by atoms with Gasteiger partial charge in [-0.05, 0) is 12.0 Å². The molecule has 0 saturated carbocycles. The molecule has 118 valence electrons. The molecule has 0 aromatic rings. The summed E-state index contributed by atoms with van der Waals surface area (Å²) in [6.45, 7) is 5.18. The van der Waals surface area contributed by atoms with Gasteiger partial charge in [0.2, 0.25) is 0 Å². The van der Waals surface area contributed by atoms with Gasteiger partial charge < -0.3 is 31.3 Å². The maximum absolute atomic E-state index is 9.88. The fourth-order valence-corrected chi connectivity index (χ4v) is 0.404. The maximum atomic E-state index is 9.88. The molecule has 0 saturated heterocycles. The number of quaternary nitrogens is 2. The molecule has 0 radical (unpaired) electrons. The van der Waals surface area contributed by atoms with E-state index in [2.05, 4.69) is 63.0 Å². The van der Waals surface area contributed by atoms with E-state index < -0.39 is 5.97 Å². The van der Waals surface area contributed by atoms with Crippen LogP contribution in [0, 0.1) is 0 Å². The van der Waals surface area contributed by atoms with Gasteiger partial charge in [-0.15, -0.1) is 0 Å². The predicted octanol–water partition coefficient (Wildman–Crippen LogP) is -2.26. The van der Waals surface area contributed by atoms with Gasteiger partial charge in [0.05, 0.1) is 62.4 Å². The average Bonchev–Trinajstić information content (AvgIpc) is 1.97. The van der Waals surface area contributed by atoms with Crippen LogP contribution in [0.5, 0.6) is 0 Å². The third-order valence-electron chi connectivity index (χ3n) is 0.840. The summed E-state index contributed by atoms with van der Waals surface area (Å²) in [5.41, 5.74) is 0.188. The first-order chi connectivity index (χ1) is 7.68. The Bertz CT molecular complexity index is 217. The van der Waals surface area contributed by atoms with Crippen LogP contribution in [-0.2, 0) is 4.79 Å². The summed E-state index contributed by atoms with van der Waals surface area (Å²) >= 11 is 0. The van der Waals surface area contributed by atoms with Crippen molar-refractivity contribution < 1.29 is 31.3 Å². The maximum Gasteiger partial charge on any atom is 0.0675 e. The zero-order valence-corrected chi connectivity index (χ0v) is 15.0. The molecule has 0 amide bonds. The standard InChI is InChI=1S/C6H10O2.2C4H12N.ClH/c1-3-4-5(2)6(7)8;2*1-5(2,3)4;/h2-4H2,1H3,(H,7,8);2*1-4H3;1H/q;2*+1;/p-2. The van der Waals surface area contributed by atoms with Crippen molar-refractivity contribution in [3.05, 3.63) is 12.2 Å². The van der Waals surface area contributed by atoms with Gasteiger partial charge in [-0.2, -0.15) is 0 Å². The van der Waals surface area contributed by atoms with Gasteiger partial charge >= 0.3 is 0 Å². The predicted molar refractivity (Wildman–Crippen MR) is 77.0 cm³/mol. The molecule has 0 rings (SSSR count). The number of carbonyl (C=O) groups excluding carboxylic acids is 1. The van der Waals surface area contributed by atoms with Crippen molar-refractivity contribution in [3.8, 4) is 0 Å². The van der Waals surface area contributed by atoms with Crippen LogP contribution in [0.1, 0.15) is 19.8 Å². The Morgan fingerprint density at radius 1 is 0.947 bits per heavy atom. The number of nitrogens with zero attached hydrogens (tertiary/aromatic N) is 2. The monoisotopic (exact) mass is 296 g/mol. The van der Waals surface area contributed by atoms with Crippen LogP contribution in [0.4, 0.5) is 0 Å². The lowest BCUT2D eigenvalue weighted by Crippen LogP contribution is -3.00. The minimum atomic E-state index is -1.13. The average molecular weight is 297 g/mol. The van der Waals surface area contributed by atoms with Crippen LogP contribution >= 0.6 is 0 Å². The van der Waals surface area contributed by atoms with E-state index in [-0.39, 0.29) is 18.0 Å². The minimum absolute atomic E-state index is 0. The molecule has 19 heavy (non-hydrogen) atoms. The van der Waals surface area contributed by atoms with E-state index in [0.29, 0.717) is 6.42 Å². The van der Waals surface area contributed by atoms with Crippen molar-refractivity contribution in [2.75, 3.05) is 56.4 Å². The molecule has 0 fully saturated rings. The summed E-state index contributed by atoms with van der Waals surface area (Å²) < 4.78 is 2.00. The number of aliphatic carboxylic acids is 1. The lowest BCUT2D eigenvalue weighted by molar-refractivity contribution is -0.849. The number of halogens is 1. The largest absolute Gasteiger partial charge is 1.00 e. The van der Waals surface area contributed by atoms with Crippen LogP contribution < -0.4 is 17.5 Å². The topological polar surface area (TPSA) is 40.1 Å². The van der Waals surface area contributed by atoms with E-state index in [0.717, 1.165) is 15.4 Å². The van der Waals surface area contributed by atoms with Crippen molar-refractivity contribution in [2.45, 2.75) is 19.8 Å². The Hall–Kier alpha value is -0.580. The molecule has 0 aliphatic rings. The molecular weight excluding hydrogens is 264 g/mol. The number of carbonyl (C=O) groups is 1. The Balaban J connectivity index is -0.0000000906. The molecule has 0 aliphatic carbocycles. The Morgan fingerprint density at radius 2 is 1.16 bits per heavy atom.